The lowest BCUT2D eigenvalue weighted by Gasteiger charge is -2.20. The zero-order valence-electron chi connectivity index (χ0n) is 17.5. The molecule has 0 fully saturated rings. The predicted molar refractivity (Wildman–Crippen MR) is 115 cm³/mol. The highest BCUT2D eigenvalue weighted by Gasteiger charge is 2.24. The highest BCUT2D eigenvalue weighted by Crippen LogP contribution is 2.25. The van der Waals surface area contributed by atoms with Crippen molar-refractivity contribution >= 4 is 15.9 Å². The van der Waals surface area contributed by atoms with Crippen LogP contribution in [0.1, 0.15) is 49.0 Å². The van der Waals surface area contributed by atoms with Crippen LogP contribution in [0.2, 0.25) is 0 Å². The van der Waals surface area contributed by atoms with Gasteiger partial charge in [-0.1, -0.05) is 51.1 Å². The second-order valence-electron chi connectivity index (χ2n) is 6.68. The molecule has 0 saturated carbocycles. The summed E-state index contributed by atoms with van der Waals surface area (Å²) in [6.07, 6.45) is 0.873. The van der Waals surface area contributed by atoms with Gasteiger partial charge in [-0.3, -0.25) is 4.79 Å². The van der Waals surface area contributed by atoms with E-state index in [0.717, 1.165) is 12.0 Å². The van der Waals surface area contributed by atoms with Gasteiger partial charge < -0.3 is 10.1 Å². The van der Waals surface area contributed by atoms with E-state index in [1.165, 1.54) is 29.6 Å². The summed E-state index contributed by atoms with van der Waals surface area (Å²) in [7, 11) is -2.20. The van der Waals surface area contributed by atoms with Gasteiger partial charge in [-0.25, -0.2) is 8.42 Å². The molecule has 0 bridgehead atoms. The Morgan fingerprint density at radius 3 is 2.28 bits per heavy atom. The Kier molecular flexibility index (Phi) is 8.22. The molecule has 158 valence electrons. The summed E-state index contributed by atoms with van der Waals surface area (Å²) in [5, 5.41) is 2.93. The second-order valence-corrected chi connectivity index (χ2v) is 8.62. The summed E-state index contributed by atoms with van der Waals surface area (Å²) >= 11 is 0. The number of methoxy groups -OCH3 is 1. The van der Waals surface area contributed by atoms with Crippen molar-refractivity contribution in [3.63, 3.8) is 0 Å². The molecule has 2 aromatic carbocycles. The number of carbonyl (C=O) groups is 1. The minimum absolute atomic E-state index is 0.0854. The Labute approximate surface area is 173 Å². The van der Waals surface area contributed by atoms with Crippen molar-refractivity contribution in [2.24, 2.45) is 0 Å². The standard InChI is InChI=1S/C22H30N2O4S/c1-5-17(18-11-9-8-10-12-18)16-23-22(25)20-15-19(13-14-21(20)28-4)29(26,27)24(6-2)7-3/h8-15,17H,5-7,16H2,1-4H3,(H,23,25). The molecular formula is C22H30N2O4S. The van der Waals surface area contributed by atoms with Crippen LogP contribution in [0.4, 0.5) is 0 Å². The Bertz CT molecular complexity index is 910. The van der Waals surface area contributed by atoms with Gasteiger partial charge in [0.1, 0.15) is 5.75 Å². The van der Waals surface area contributed by atoms with Crippen LogP contribution < -0.4 is 10.1 Å². The quantitative estimate of drug-likeness (QED) is 0.639. The minimum Gasteiger partial charge on any atom is -0.496 e. The van der Waals surface area contributed by atoms with Crippen molar-refractivity contribution in [1.82, 2.24) is 9.62 Å². The van der Waals surface area contributed by atoms with Crippen molar-refractivity contribution in [3.05, 3.63) is 59.7 Å². The molecule has 6 nitrogen and oxygen atoms in total. The Balaban J connectivity index is 2.27. The number of benzene rings is 2. The normalized spacial score (nSPS) is 12.6. The van der Waals surface area contributed by atoms with Crippen LogP contribution in [0.25, 0.3) is 0 Å². The molecule has 0 aromatic heterocycles. The first-order valence-electron chi connectivity index (χ1n) is 9.90. The number of nitrogens with zero attached hydrogens (tertiary/aromatic N) is 1. The molecule has 29 heavy (non-hydrogen) atoms. The molecule has 0 aliphatic rings. The molecule has 2 rings (SSSR count). The van der Waals surface area contributed by atoms with Crippen LogP contribution >= 0.6 is 0 Å². The maximum atomic E-state index is 12.9. The maximum Gasteiger partial charge on any atom is 0.255 e. The predicted octanol–water partition coefficient (Wildman–Crippen LogP) is 3.65. The molecule has 0 heterocycles. The number of amides is 1. The number of hydrogen-bond donors (Lipinski definition) is 1. The van der Waals surface area contributed by atoms with E-state index in [9.17, 15) is 13.2 Å². The third-order valence-electron chi connectivity index (χ3n) is 5.03. The Morgan fingerprint density at radius 2 is 1.72 bits per heavy atom. The molecule has 0 aliphatic heterocycles. The lowest BCUT2D eigenvalue weighted by Crippen LogP contribution is -2.31. The largest absolute Gasteiger partial charge is 0.496 e. The zero-order chi connectivity index (χ0) is 21.4. The smallest absolute Gasteiger partial charge is 0.255 e. The molecule has 1 atom stereocenters. The highest BCUT2D eigenvalue weighted by atomic mass is 32.2. The van der Waals surface area contributed by atoms with E-state index in [1.807, 2.05) is 30.3 Å². The van der Waals surface area contributed by atoms with E-state index >= 15 is 0 Å². The van der Waals surface area contributed by atoms with Crippen molar-refractivity contribution in [2.45, 2.75) is 38.0 Å². The molecule has 0 spiro atoms. The Hall–Kier alpha value is -2.38. The average molecular weight is 419 g/mol. The Morgan fingerprint density at radius 1 is 1.07 bits per heavy atom. The number of hydrogen-bond acceptors (Lipinski definition) is 4. The zero-order valence-corrected chi connectivity index (χ0v) is 18.3. The van der Waals surface area contributed by atoms with E-state index in [2.05, 4.69) is 12.2 Å². The van der Waals surface area contributed by atoms with E-state index in [-0.39, 0.29) is 22.3 Å². The van der Waals surface area contributed by atoms with Gasteiger partial charge in [0.15, 0.2) is 0 Å². The highest BCUT2D eigenvalue weighted by molar-refractivity contribution is 7.89. The van der Waals surface area contributed by atoms with E-state index in [1.54, 1.807) is 13.8 Å². The first-order chi connectivity index (χ1) is 13.9. The fourth-order valence-electron chi connectivity index (χ4n) is 3.27. The van der Waals surface area contributed by atoms with Crippen molar-refractivity contribution in [3.8, 4) is 5.75 Å². The van der Waals surface area contributed by atoms with Crippen LogP contribution in [-0.2, 0) is 10.0 Å². The topological polar surface area (TPSA) is 75.7 Å². The molecule has 1 unspecified atom stereocenters. The summed E-state index contributed by atoms with van der Waals surface area (Å²) < 4.78 is 32.3. The van der Waals surface area contributed by atoms with Crippen molar-refractivity contribution in [2.75, 3.05) is 26.7 Å². The van der Waals surface area contributed by atoms with Crippen LogP contribution in [-0.4, -0.2) is 45.4 Å². The van der Waals surface area contributed by atoms with Crippen LogP contribution in [0, 0.1) is 0 Å². The summed E-state index contributed by atoms with van der Waals surface area (Å²) in [4.78, 5) is 13.0. The van der Waals surface area contributed by atoms with Gasteiger partial charge in [-0.2, -0.15) is 4.31 Å². The summed E-state index contributed by atoms with van der Waals surface area (Å²) in [6.45, 7) is 6.82. The molecule has 0 radical (unpaired) electrons. The lowest BCUT2D eigenvalue weighted by atomic mass is 9.96. The lowest BCUT2D eigenvalue weighted by molar-refractivity contribution is 0.0947. The monoisotopic (exact) mass is 418 g/mol. The van der Waals surface area contributed by atoms with Gasteiger partial charge in [-0.15, -0.1) is 0 Å². The molecule has 0 saturated heterocycles. The van der Waals surface area contributed by atoms with Crippen molar-refractivity contribution in [1.29, 1.82) is 0 Å². The van der Waals surface area contributed by atoms with Gasteiger partial charge in [0.05, 0.1) is 17.6 Å². The first kappa shape index (κ1) is 22.9. The van der Waals surface area contributed by atoms with Gasteiger partial charge in [0, 0.05) is 25.6 Å². The van der Waals surface area contributed by atoms with Crippen LogP contribution in [0.3, 0.4) is 0 Å². The number of nitrogens with one attached hydrogen (secondary N) is 1. The maximum absolute atomic E-state index is 12.9. The first-order valence-corrected chi connectivity index (χ1v) is 11.3. The molecule has 0 aliphatic carbocycles. The average Bonchev–Trinajstić information content (AvgIpc) is 2.75. The summed E-state index contributed by atoms with van der Waals surface area (Å²) in [5.74, 6) is 0.162. The van der Waals surface area contributed by atoms with Crippen molar-refractivity contribution < 1.29 is 17.9 Å². The van der Waals surface area contributed by atoms with E-state index in [0.29, 0.717) is 25.4 Å². The summed E-state index contributed by atoms with van der Waals surface area (Å²) in [5.41, 5.74) is 1.36. The number of ether oxygens (including phenoxy) is 1. The van der Waals surface area contributed by atoms with Crippen LogP contribution in [0.15, 0.2) is 53.4 Å². The molecular weight excluding hydrogens is 388 g/mol. The van der Waals surface area contributed by atoms with E-state index in [4.69, 9.17) is 4.74 Å². The molecule has 1 N–H and O–H groups in total. The second kappa shape index (κ2) is 10.4. The van der Waals surface area contributed by atoms with Gasteiger partial charge in [0.25, 0.3) is 5.91 Å². The number of sulfonamides is 1. The molecule has 1 amide bonds. The van der Waals surface area contributed by atoms with E-state index < -0.39 is 10.0 Å². The minimum atomic E-state index is -3.66. The third-order valence-corrected chi connectivity index (χ3v) is 7.08. The molecule has 2 aromatic rings. The number of rotatable bonds is 10. The van der Waals surface area contributed by atoms with Gasteiger partial charge in [0.2, 0.25) is 10.0 Å². The van der Waals surface area contributed by atoms with Gasteiger partial charge >= 0.3 is 0 Å². The fourth-order valence-corrected chi connectivity index (χ4v) is 4.76. The summed E-state index contributed by atoms with van der Waals surface area (Å²) in [6, 6.07) is 14.4. The van der Waals surface area contributed by atoms with Gasteiger partial charge in [-0.05, 0) is 30.2 Å². The number of carbonyl (C=O) groups excluding carboxylic acids is 1. The fraction of sp³-hybridized carbons (Fsp3) is 0.409. The SMILES string of the molecule is CCC(CNC(=O)c1cc(S(=O)(=O)N(CC)CC)ccc1OC)c1ccccc1. The third kappa shape index (κ3) is 5.36. The van der Waals surface area contributed by atoms with Crippen LogP contribution in [0.5, 0.6) is 5.75 Å². The molecule has 7 heteroatoms.